The van der Waals surface area contributed by atoms with E-state index in [-0.39, 0.29) is 17.0 Å². The number of aromatic nitrogens is 2. The van der Waals surface area contributed by atoms with Gasteiger partial charge in [0.2, 0.25) is 0 Å². The number of imidazole rings is 1. The Morgan fingerprint density at radius 3 is 2.76 bits per heavy atom. The van der Waals surface area contributed by atoms with Crippen LogP contribution >= 0.6 is 0 Å². The summed E-state index contributed by atoms with van der Waals surface area (Å²) in [7, 11) is 0. The third-order valence-electron chi connectivity index (χ3n) is 3.88. The van der Waals surface area contributed by atoms with Crippen molar-refractivity contribution in [2.24, 2.45) is 0 Å². The van der Waals surface area contributed by atoms with Gasteiger partial charge in [-0.15, -0.1) is 0 Å². The predicted octanol–water partition coefficient (Wildman–Crippen LogP) is 2.99. The van der Waals surface area contributed by atoms with Crippen LogP contribution in [0.3, 0.4) is 0 Å². The third-order valence-corrected chi connectivity index (χ3v) is 3.88. The van der Waals surface area contributed by atoms with Gasteiger partial charge in [-0.2, -0.15) is 0 Å². The first-order valence-electron chi connectivity index (χ1n) is 7.21. The summed E-state index contributed by atoms with van der Waals surface area (Å²) in [5.41, 5.74) is 1.90. The second-order valence-electron chi connectivity index (χ2n) is 6.58. The number of nitrogens with zero attached hydrogens (tertiary/aromatic N) is 2. The molecule has 1 fully saturated rings. The highest BCUT2D eigenvalue weighted by molar-refractivity contribution is 5.92. The minimum atomic E-state index is -0.923. The quantitative estimate of drug-likeness (QED) is 0.922. The van der Waals surface area contributed by atoms with E-state index in [1.165, 1.54) is 0 Å². The van der Waals surface area contributed by atoms with Gasteiger partial charge >= 0.3 is 5.97 Å². The van der Waals surface area contributed by atoms with Crippen molar-refractivity contribution >= 4 is 17.0 Å². The van der Waals surface area contributed by atoms with E-state index in [4.69, 9.17) is 14.8 Å². The zero-order chi connectivity index (χ0) is 15.2. The van der Waals surface area contributed by atoms with Gasteiger partial charge in [-0.25, -0.2) is 9.78 Å². The van der Waals surface area contributed by atoms with Gasteiger partial charge in [0.25, 0.3) is 0 Å². The number of ether oxygens (including phenoxy) is 1. The number of hydrogen-bond donors (Lipinski definition) is 1. The van der Waals surface area contributed by atoms with Crippen LogP contribution in [0.4, 0.5) is 0 Å². The zero-order valence-electron chi connectivity index (χ0n) is 12.6. The van der Waals surface area contributed by atoms with E-state index in [2.05, 4.69) is 25.3 Å². The van der Waals surface area contributed by atoms with Crippen LogP contribution in [-0.2, 0) is 10.2 Å². The molecule has 1 atom stereocenters. The number of carboxylic acid groups (broad SMARTS) is 1. The number of carboxylic acids is 1. The highest BCUT2D eigenvalue weighted by Gasteiger charge is 2.29. The van der Waals surface area contributed by atoms with Crippen LogP contribution in [-0.4, -0.2) is 33.8 Å². The van der Waals surface area contributed by atoms with Gasteiger partial charge in [0.15, 0.2) is 0 Å². The van der Waals surface area contributed by atoms with E-state index < -0.39 is 5.97 Å². The Morgan fingerprint density at radius 2 is 2.19 bits per heavy atom. The van der Waals surface area contributed by atoms with Gasteiger partial charge in [-0.1, -0.05) is 20.8 Å². The molecule has 1 aliphatic heterocycles. The Bertz CT molecular complexity index is 691. The SMILES string of the molecule is CC(C)(C)c1nc2cc(C(=O)O)ccc2n1C1CCOC1. The molecule has 1 N–H and O–H groups in total. The second kappa shape index (κ2) is 4.84. The van der Waals surface area contributed by atoms with Crippen molar-refractivity contribution in [2.45, 2.75) is 38.6 Å². The third kappa shape index (κ3) is 2.42. The molecule has 1 aliphatic rings. The standard InChI is InChI=1S/C16H20N2O3/c1-16(2,3)15-17-12-8-10(14(19)20)4-5-13(12)18(15)11-6-7-21-9-11/h4-5,8,11H,6-7,9H2,1-3H3,(H,19,20). The molecule has 1 aromatic carbocycles. The predicted molar refractivity (Wildman–Crippen MR) is 79.9 cm³/mol. The minimum absolute atomic E-state index is 0.106. The van der Waals surface area contributed by atoms with Crippen molar-refractivity contribution in [1.29, 1.82) is 0 Å². The van der Waals surface area contributed by atoms with Crippen LogP contribution in [0.1, 0.15) is 49.4 Å². The van der Waals surface area contributed by atoms with Gasteiger partial charge in [0.05, 0.1) is 29.2 Å². The van der Waals surface area contributed by atoms with Crippen LogP contribution in [0.5, 0.6) is 0 Å². The molecule has 2 heterocycles. The Labute approximate surface area is 123 Å². The van der Waals surface area contributed by atoms with Crippen LogP contribution < -0.4 is 0 Å². The normalized spacial score (nSPS) is 19.3. The topological polar surface area (TPSA) is 64.3 Å². The number of hydrogen-bond acceptors (Lipinski definition) is 3. The molecule has 112 valence electrons. The number of rotatable bonds is 2. The lowest BCUT2D eigenvalue weighted by atomic mass is 9.95. The summed E-state index contributed by atoms with van der Waals surface area (Å²) in [6, 6.07) is 5.43. The second-order valence-corrected chi connectivity index (χ2v) is 6.58. The molecule has 1 aromatic heterocycles. The van der Waals surface area contributed by atoms with E-state index >= 15 is 0 Å². The number of carbonyl (C=O) groups is 1. The molecular weight excluding hydrogens is 268 g/mol. The highest BCUT2D eigenvalue weighted by Crippen LogP contribution is 2.33. The Morgan fingerprint density at radius 1 is 1.43 bits per heavy atom. The number of fused-ring (bicyclic) bond motifs is 1. The summed E-state index contributed by atoms with van der Waals surface area (Å²) in [5, 5.41) is 9.14. The maximum atomic E-state index is 11.1. The monoisotopic (exact) mass is 288 g/mol. The first-order chi connectivity index (χ1) is 9.88. The molecular formula is C16H20N2O3. The lowest BCUT2D eigenvalue weighted by Gasteiger charge is -2.23. The largest absolute Gasteiger partial charge is 0.478 e. The Hall–Kier alpha value is -1.88. The number of aromatic carboxylic acids is 1. The van der Waals surface area contributed by atoms with Gasteiger partial charge in [0.1, 0.15) is 5.82 Å². The van der Waals surface area contributed by atoms with Crippen molar-refractivity contribution in [2.75, 3.05) is 13.2 Å². The summed E-state index contributed by atoms with van der Waals surface area (Å²) >= 11 is 0. The van der Waals surface area contributed by atoms with Gasteiger partial charge < -0.3 is 14.4 Å². The molecule has 0 aliphatic carbocycles. The Kier molecular flexibility index (Phi) is 3.24. The zero-order valence-corrected chi connectivity index (χ0v) is 12.6. The summed E-state index contributed by atoms with van der Waals surface area (Å²) in [6.07, 6.45) is 0.967. The van der Waals surface area contributed by atoms with Gasteiger partial charge in [-0.3, -0.25) is 0 Å². The lowest BCUT2D eigenvalue weighted by Crippen LogP contribution is -2.22. The van der Waals surface area contributed by atoms with E-state index in [1.807, 2.05) is 6.07 Å². The fourth-order valence-electron chi connectivity index (χ4n) is 2.86. The van der Waals surface area contributed by atoms with Gasteiger partial charge in [0, 0.05) is 12.0 Å². The number of benzene rings is 1. The van der Waals surface area contributed by atoms with Crippen molar-refractivity contribution in [3.05, 3.63) is 29.6 Å². The molecule has 0 saturated carbocycles. The first-order valence-corrected chi connectivity index (χ1v) is 7.21. The molecule has 0 amide bonds. The van der Waals surface area contributed by atoms with Crippen LogP contribution in [0, 0.1) is 0 Å². The molecule has 1 saturated heterocycles. The average Bonchev–Trinajstić information content (AvgIpc) is 3.03. The molecule has 5 nitrogen and oxygen atoms in total. The van der Waals surface area contributed by atoms with Crippen LogP contribution in [0.2, 0.25) is 0 Å². The van der Waals surface area contributed by atoms with Crippen molar-refractivity contribution < 1.29 is 14.6 Å². The molecule has 3 rings (SSSR count). The average molecular weight is 288 g/mol. The van der Waals surface area contributed by atoms with Crippen LogP contribution in [0.15, 0.2) is 18.2 Å². The van der Waals surface area contributed by atoms with Crippen molar-refractivity contribution in [3.63, 3.8) is 0 Å². The summed E-state index contributed by atoms with van der Waals surface area (Å²) in [6.45, 7) is 7.83. The minimum Gasteiger partial charge on any atom is -0.478 e. The molecule has 0 radical (unpaired) electrons. The van der Waals surface area contributed by atoms with E-state index in [9.17, 15) is 4.79 Å². The van der Waals surface area contributed by atoms with E-state index in [1.54, 1.807) is 12.1 Å². The summed E-state index contributed by atoms with van der Waals surface area (Å²) < 4.78 is 7.75. The molecule has 5 heteroatoms. The van der Waals surface area contributed by atoms with E-state index in [0.29, 0.717) is 6.61 Å². The maximum absolute atomic E-state index is 11.1. The van der Waals surface area contributed by atoms with Gasteiger partial charge in [-0.05, 0) is 24.6 Å². The fraction of sp³-hybridized carbons (Fsp3) is 0.500. The smallest absolute Gasteiger partial charge is 0.335 e. The summed E-state index contributed by atoms with van der Waals surface area (Å²) in [4.78, 5) is 15.9. The van der Waals surface area contributed by atoms with Crippen molar-refractivity contribution in [1.82, 2.24) is 9.55 Å². The summed E-state index contributed by atoms with van der Waals surface area (Å²) in [5.74, 6) is 0.0588. The fourth-order valence-corrected chi connectivity index (χ4v) is 2.86. The lowest BCUT2D eigenvalue weighted by molar-refractivity contribution is 0.0697. The first kappa shape index (κ1) is 14.1. The molecule has 21 heavy (non-hydrogen) atoms. The Balaban J connectivity index is 2.23. The highest BCUT2D eigenvalue weighted by atomic mass is 16.5. The molecule has 0 bridgehead atoms. The molecule has 1 unspecified atom stereocenters. The van der Waals surface area contributed by atoms with E-state index in [0.717, 1.165) is 29.9 Å². The maximum Gasteiger partial charge on any atom is 0.335 e. The van der Waals surface area contributed by atoms with Crippen LogP contribution in [0.25, 0.3) is 11.0 Å². The van der Waals surface area contributed by atoms with Crippen molar-refractivity contribution in [3.8, 4) is 0 Å². The molecule has 0 spiro atoms. The molecule has 2 aromatic rings.